The Morgan fingerprint density at radius 2 is 1.71 bits per heavy atom. The van der Waals surface area contributed by atoms with Crippen molar-refractivity contribution < 1.29 is 4.74 Å². The largest absolute Gasteiger partial charge is 0.356 e. The highest BCUT2D eigenvalue weighted by Crippen LogP contribution is 2.48. The van der Waals surface area contributed by atoms with E-state index >= 15 is 0 Å². The monoisotopic (exact) mass is 239 g/mol. The summed E-state index contributed by atoms with van der Waals surface area (Å²) in [6, 6.07) is 0. The van der Waals surface area contributed by atoms with Crippen LogP contribution in [0.5, 0.6) is 0 Å². The minimum atomic E-state index is -0.915. The molecule has 1 unspecified atom stereocenters. The molecule has 1 atom stereocenters. The number of nitrogens with zero attached hydrogens (tertiary/aromatic N) is 3. The molecule has 6 heteroatoms. The first-order chi connectivity index (χ1) is 7.70. The molecular formula is C11H17N3O3. The molecule has 0 saturated heterocycles. The van der Waals surface area contributed by atoms with Crippen molar-refractivity contribution in [2.24, 2.45) is 12.5 Å². The van der Waals surface area contributed by atoms with Crippen molar-refractivity contribution in [2.45, 2.75) is 26.5 Å². The third kappa shape index (κ3) is 1.04. The quantitative estimate of drug-likeness (QED) is 0.702. The van der Waals surface area contributed by atoms with E-state index in [0.29, 0.717) is 5.70 Å². The molecule has 0 bridgehead atoms. The first kappa shape index (κ1) is 11.9. The van der Waals surface area contributed by atoms with Gasteiger partial charge in [-0.1, -0.05) is 6.58 Å². The Balaban J connectivity index is 2.97. The van der Waals surface area contributed by atoms with Crippen LogP contribution in [0.4, 0.5) is 0 Å². The van der Waals surface area contributed by atoms with Crippen LogP contribution in [0.2, 0.25) is 0 Å². The number of hydrogen-bond acceptors (Lipinski definition) is 3. The van der Waals surface area contributed by atoms with Gasteiger partial charge in [-0.15, -0.1) is 0 Å². The van der Waals surface area contributed by atoms with E-state index in [1.807, 2.05) is 13.8 Å². The van der Waals surface area contributed by atoms with Gasteiger partial charge in [0.25, 0.3) is 0 Å². The standard InChI is InChI=1S/C11H17N3O3/c1-7-10(2,3)11(4,17-6)14-9(16)12(5)8(15)13(7)14/h1H2,2-6H3. The predicted octanol–water partition coefficient (Wildman–Crippen LogP) is 0.178. The van der Waals surface area contributed by atoms with Crippen molar-refractivity contribution in [1.82, 2.24) is 13.9 Å². The second-order valence-corrected chi connectivity index (χ2v) is 5.01. The van der Waals surface area contributed by atoms with Gasteiger partial charge in [0.1, 0.15) is 0 Å². The molecule has 17 heavy (non-hydrogen) atoms. The lowest BCUT2D eigenvalue weighted by molar-refractivity contribution is -0.122. The van der Waals surface area contributed by atoms with Crippen LogP contribution < -0.4 is 11.4 Å². The molecular weight excluding hydrogens is 222 g/mol. The lowest BCUT2D eigenvalue weighted by atomic mass is 9.81. The summed E-state index contributed by atoms with van der Waals surface area (Å²) in [5.74, 6) is 0. The van der Waals surface area contributed by atoms with E-state index in [1.165, 1.54) is 23.5 Å². The van der Waals surface area contributed by atoms with Crippen LogP contribution in [0.25, 0.3) is 5.70 Å². The van der Waals surface area contributed by atoms with Crippen molar-refractivity contribution in [3.05, 3.63) is 27.5 Å². The summed E-state index contributed by atoms with van der Waals surface area (Å²) in [7, 11) is 2.97. The van der Waals surface area contributed by atoms with Gasteiger partial charge in [0.05, 0.1) is 5.41 Å². The number of ether oxygens (including phenoxy) is 1. The number of rotatable bonds is 1. The van der Waals surface area contributed by atoms with Gasteiger partial charge in [0.2, 0.25) is 0 Å². The zero-order valence-electron chi connectivity index (χ0n) is 10.8. The molecule has 2 rings (SSSR count). The van der Waals surface area contributed by atoms with E-state index in [1.54, 1.807) is 6.92 Å². The molecule has 1 aliphatic heterocycles. The van der Waals surface area contributed by atoms with Crippen LogP contribution in [0.15, 0.2) is 16.2 Å². The molecule has 0 aromatic carbocycles. The van der Waals surface area contributed by atoms with Crippen molar-refractivity contribution >= 4 is 5.70 Å². The lowest BCUT2D eigenvalue weighted by Crippen LogP contribution is -2.47. The van der Waals surface area contributed by atoms with Gasteiger partial charge in [-0.3, -0.25) is 0 Å². The highest BCUT2D eigenvalue weighted by atomic mass is 16.5. The fourth-order valence-corrected chi connectivity index (χ4v) is 2.29. The molecule has 94 valence electrons. The van der Waals surface area contributed by atoms with E-state index in [-0.39, 0.29) is 0 Å². The molecule has 0 N–H and O–H groups in total. The number of methoxy groups -OCH3 is 1. The summed E-state index contributed by atoms with van der Waals surface area (Å²) in [5, 5.41) is 0. The lowest BCUT2D eigenvalue weighted by Gasteiger charge is -2.35. The Hall–Kier alpha value is -1.56. The van der Waals surface area contributed by atoms with Gasteiger partial charge < -0.3 is 4.74 Å². The average molecular weight is 239 g/mol. The minimum absolute atomic E-state index is 0.395. The molecule has 0 amide bonds. The summed E-state index contributed by atoms with van der Waals surface area (Å²) in [5.41, 5.74) is -1.68. The summed E-state index contributed by atoms with van der Waals surface area (Å²) >= 11 is 0. The molecule has 0 fully saturated rings. The minimum Gasteiger partial charge on any atom is -0.356 e. The van der Waals surface area contributed by atoms with E-state index in [4.69, 9.17) is 4.74 Å². The summed E-state index contributed by atoms with van der Waals surface area (Å²) in [6.07, 6.45) is 0. The predicted molar refractivity (Wildman–Crippen MR) is 63.7 cm³/mol. The molecule has 0 saturated carbocycles. The van der Waals surface area contributed by atoms with Gasteiger partial charge >= 0.3 is 11.4 Å². The maximum atomic E-state index is 12.1. The highest BCUT2D eigenvalue weighted by molar-refractivity contribution is 5.52. The van der Waals surface area contributed by atoms with Crippen LogP contribution in [0.3, 0.4) is 0 Å². The van der Waals surface area contributed by atoms with E-state index in [9.17, 15) is 9.59 Å². The second kappa shape index (κ2) is 3.01. The third-order valence-corrected chi connectivity index (χ3v) is 4.07. The highest BCUT2D eigenvalue weighted by Gasteiger charge is 2.55. The smallest absolute Gasteiger partial charge is 0.351 e. The van der Waals surface area contributed by atoms with Gasteiger partial charge in [-0.25, -0.2) is 14.2 Å². The average Bonchev–Trinajstić information content (AvgIpc) is 2.59. The van der Waals surface area contributed by atoms with Crippen LogP contribution in [-0.2, 0) is 17.5 Å². The zero-order chi connectivity index (χ0) is 13.2. The van der Waals surface area contributed by atoms with Gasteiger partial charge in [0, 0.05) is 19.9 Å². The Morgan fingerprint density at radius 3 is 2.18 bits per heavy atom. The van der Waals surface area contributed by atoms with Crippen molar-refractivity contribution in [1.29, 1.82) is 0 Å². The third-order valence-electron chi connectivity index (χ3n) is 4.07. The van der Waals surface area contributed by atoms with Crippen molar-refractivity contribution in [3.63, 3.8) is 0 Å². The van der Waals surface area contributed by atoms with E-state index in [2.05, 4.69) is 6.58 Å². The Kier molecular flexibility index (Phi) is 2.11. The SMILES string of the molecule is C=C1n2c(=O)n(C)c(=O)n2C(C)(OC)C1(C)C. The van der Waals surface area contributed by atoms with Gasteiger partial charge in [-0.2, -0.15) is 9.36 Å². The number of fused-ring (bicyclic) bond motifs is 1. The second-order valence-electron chi connectivity index (χ2n) is 5.01. The normalized spacial score (nSPS) is 26.3. The summed E-state index contributed by atoms with van der Waals surface area (Å²) in [4.78, 5) is 24.0. The summed E-state index contributed by atoms with van der Waals surface area (Å²) in [6.45, 7) is 9.50. The van der Waals surface area contributed by atoms with Crippen LogP contribution in [0, 0.1) is 5.41 Å². The summed E-state index contributed by atoms with van der Waals surface area (Å²) < 4.78 is 9.17. The zero-order valence-corrected chi connectivity index (χ0v) is 10.8. The maximum absolute atomic E-state index is 12.1. The van der Waals surface area contributed by atoms with Crippen LogP contribution in [0.1, 0.15) is 20.8 Å². The molecule has 0 radical (unpaired) electrons. The molecule has 2 heterocycles. The van der Waals surface area contributed by atoms with Crippen LogP contribution in [-0.4, -0.2) is 21.0 Å². The van der Waals surface area contributed by atoms with Gasteiger partial charge in [0.15, 0.2) is 5.72 Å². The molecule has 1 aliphatic rings. The molecule has 0 aliphatic carbocycles. The van der Waals surface area contributed by atoms with Crippen molar-refractivity contribution in [3.8, 4) is 0 Å². The first-order valence-electron chi connectivity index (χ1n) is 5.36. The molecule has 6 nitrogen and oxygen atoms in total. The Bertz CT molecular complexity index is 617. The fraction of sp³-hybridized carbons (Fsp3) is 0.636. The van der Waals surface area contributed by atoms with E-state index < -0.39 is 22.5 Å². The number of aromatic nitrogens is 3. The fourth-order valence-electron chi connectivity index (χ4n) is 2.29. The van der Waals surface area contributed by atoms with E-state index in [0.717, 1.165) is 4.57 Å². The molecule has 1 aromatic heterocycles. The molecule has 1 aromatic rings. The van der Waals surface area contributed by atoms with Gasteiger partial charge in [-0.05, 0) is 20.8 Å². The molecule has 0 spiro atoms. The topological polar surface area (TPSA) is 58.2 Å². The Morgan fingerprint density at radius 1 is 1.18 bits per heavy atom. The first-order valence-corrected chi connectivity index (χ1v) is 5.36. The number of hydrogen-bond donors (Lipinski definition) is 0. The maximum Gasteiger partial charge on any atom is 0.351 e. The van der Waals surface area contributed by atoms with Crippen molar-refractivity contribution in [2.75, 3.05) is 7.11 Å². The van der Waals surface area contributed by atoms with Crippen LogP contribution >= 0.6 is 0 Å². The Labute approximate surface area is 98.7 Å².